The van der Waals surface area contributed by atoms with Crippen molar-refractivity contribution in [3.8, 4) is 0 Å². The van der Waals surface area contributed by atoms with Gasteiger partial charge < -0.3 is 5.32 Å². The fraction of sp³-hybridized carbons (Fsp3) is 0.176. The number of allylic oxidation sites excluding steroid dienone is 5. The maximum atomic E-state index is 13.8. The quantitative estimate of drug-likeness (QED) is 0.863. The summed E-state index contributed by atoms with van der Waals surface area (Å²) >= 11 is 0. The highest BCUT2D eigenvalue weighted by Gasteiger charge is 2.21. The molecule has 1 aromatic carbocycles. The van der Waals surface area contributed by atoms with Crippen LogP contribution in [-0.2, 0) is 0 Å². The van der Waals surface area contributed by atoms with Crippen molar-refractivity contribution < 1.29 is 8.78 Å². The van der Waals surface area contributed by atoms with Gasteiger partial charge in [-0.15, -0.1) is 0 Å². The van der Waals surface area contributed by atoms with Crippen LogP contribution in [0.1, 0.15) is 12.0 Å². The third kappa shape index (κ3) is 2.63. The fourth-order valence-electron chi connectivity index (χ4n) is 2.53. The van der Waals surface area contributed by atoms with Crippen LogP contribution in [0.15, 0.2) is 60.2 Å². The van der Waals surface area contributed by atoms with Crippen LogP contribution in [0, 0.1) is 11.6 Å². The summed E-state index contributed by atoms with van der Waals surface area (Å²) in [5.41, 5.74) is 2.38. The Morgan fingerprint density at radius 3 is 2.90 bits per heavy atom. The standard InChI is InChI=1S/C17H15F2N/c18-14-7-8-16(19)15(10-14)13-9-17(20-11-13)12-5-3-1-2-4-6-12/h1-5,7-10,17,20H,6,11H2. The smallest absolute Gasteiger partial charge is 0.130 e. The largest absolute Gasteiger partial charge is 0.303 e. The summed E-state index contributed by atoms with van der Waals surface area (Å²) in [6.07, 6.45) is 13.0. The molecule has 1 aliphatic carbocycles. The Morgan fingerprint density at radius 2 is 2.00 bits per heavy atom. The molecule has 1 atom stereocenters. The van der Waals surface area contributed by atoms with Gasteiger partial charge in [-0.1, -0.05) is 36.5 Å². The van der Waals surface area contributed by atoms with Crippen LogP contribution in [0.25, 0.3) is 5.57 Å². The lowest BCUT2D eigenvalue weighted by Crippen LogP contribution is -2.24. The average Bonchev–Trinajstić information content (AvgIpc) is 2.77. The molecule has 0 radical (unpaired) electrons. The molecule has 3 rings (SSSR count). The molecule has 0 bridgehead atoms. The van der Waals surface area contributed by atoms with Crippen molar-refractivity contribution in [2.45, 2.75) is 12.5 Å². The second-order valence-electron chi connectivity index (χ2n) is 4.93. The molecule has 0 fully saturated rings. The second kappa shape index (κ2) is 5.55. The topological polar surface area (TPSA) is 12.0 Å². The predicted molar refractivity (Wildman–Crippen MR) is 77.1 cm³/mol. The Morgan fingerprint density at radius 1 is 1.10 bits per heavy atom. The molecule has 0 saturated carbocycles. The molecule has 1 aliphatic heterocycles. The van der Waals surface area contributed by atoms with Crippen molar-refractivity contribution in [3.05, 3.63) is 77.4 Å². The van der Waals surface area contributed by atoms with E-state index in [2.05, 4.69) is 17.5 Å². The van der Waals surface area contributed by atoms with Crippen molar-refractivity contribution >= 4 is 5.57 Å². The van der Waals surface area contributed by atoms with E-state index in [0.29, 0.717) is 12.1 Å². The highest BCUT2D eigenvalue weighted by atomic mass is 19.1. The van der Waals surface area contributed by atoms with Crippen LogP contribution < -0.4 is 5.32 Å². The first-order chi connectivity index (χ1) is 9.74. The molecule has 0 aromatic heterocycles. The van der Waals surface area contributed by atoms with E-state index in [1.165, 1.54) is 17.7 Å². The van der Waals surface area contributed by atoms with Crippen molar-refractivity contribution in [1.82, 2.24) is 5.32 Å². The Kier molecular flexibility index (Phi) is 3.61. The van der Waals surface area contributed by atoms with Crippen LogP contribution in [0.5, 0.6) is 0 Å². The Labute approximate surface area is 117 Å². The van der Waals surface area contributed by atoms with Gasteiger partial charge in [-0.25, -0.2) is 8.78 Å². The number of nitrogens with one attached hydrogen (secondary N) is 1. The van der Waals surface area contributed by atoms with Crippen molar-refractivity contribution in [1.29, 1.82) is 0 Å². The minimum Gasteiger partial charge on any atom is -0.303 e. The van der Waals surface area contributed by atoms with Gasteiger partial charge in [0.2, 0.25) is 0 Å². The van der Waals surface area contributed by atoms with Crippen molar-refractivity contribution in [2.24, 2.45) is 0 Å². The highest BCUT2D eigenvalue weighted by Crippen LogP contribution is 2.26. The second-order valence-corrected chi connectivity index (χ2v) is 4.93. The van der Waals surface area contributed by atoms with Crippen LogP contribution in [0.3, 0.4) is 0 Å². The summed E-state index contributed by atoms with van der Waals surface area (Å²) in [6, 6.07) is 3.66. The zero-order valence-electron chi connectivity index (χ0n) is 10.9. The molecule has 1 N–H and O–H groups in total. The number of benzene rings is 1. The van der Waals surface area contributed by atoms with E-state index >= 15 is 0 Å². The van der Waals surface area contributed by atoms with Gasteiger partial charge >= 0.3 is 0 Å². The number of rotatable bonds is 2. The molecule has 0 spiro atoms. The molecule has 20 heavy (non-hydrogen) atoms. The molecular formula is C17H15F2N. The van der Waals surface area contributed by atoms with E-state index < -0.39 is 5.82 Å². The van der Waals surface area contributed by atoms with E-state index in [4.69, 9.17) is 0 Å². The molecule has 102 valence electrons. The Bertz CT molecular complexity index is 638. The van der Waals surface area contributed by atoms with E-state index in [1.807, 2.05) is 24.3 Å². The molecule has 1 aromatic rings. The number of halogens is 2. The van der Waals surface area contributed by atoms with Crippen molar-refractivity contribution in [2.75, 3.05) is 6.54 Å². The van der Waals surface area contributed by atoms with Gasteiger partial charge in [0.25, 0.3) is 0 Å². The lowest BCUT2D eigenvalue weighted by Gasteiger charge is -2.11. The van der Waals surface area contributed by atoms with E-state index in [1.54, 1.807) is 0 Å². The Hall–Kier alpha value is -2.00. The third-order valence-corrected chi connectivity index (χ3v) is 3.58. The molecule has 3 heteroatoms. The van der Waals surface area contributed by atoms with Gasteiger partial charge in [0, 0.05) is 18.2 Å². The van der Waals surface area contributed by atoms with Crippen LogP contribution >= 0.6 is 0 Å². The third-order valence-electron chi connectivity index (χ3n) is 3.58. The lowest BCUT2D eigenvalue weighted by atomic mass is 10.0. The zero-order valence-corrected chi connectivity index (χ0v) is 10.9. The Balaban J connectivity index is 1.88. The molecule has 1 nitrogen and oxygen atoms in total. The van der Waals surface area contributed by atoms with Gasteiger partial charge in [0.05, 0.1) is 0 Å². The van der Waals surface area contributed by atoms with E-state index in [9.17, 15) is 8.78 Å². The average molecular weight is 271 g/mol. The number of hydrogen-bond acceptors (Lipinski definition) is 1. The van der Waals surface area contributed by atoms with Gasteiger partial charge in [-0.2, -0.15) is 0 Å². The summed E-state index contributed by atoms with van der Waals surface area (Å²) < 4.78 is 27.0. The molecule has 1 heterocycles. The first-order valence-corrected chi connectivity index (χ1v) is 6.66. The normalized spacial score (nSPS) is 21.6. The van der Waals surface area contributed by atoms with Crippen LogP contribution in [-0.4, -0.2) is 12.6 Å². The maximum Gasteiger partial charge on any atom is 0.130 e. The molecule has 2 aliphatic rings. The summed E-state index contributed by atoms with van der Waals surface area (Å²) in [7, 11) is 0. The van der Waals surface area contributed by atoms with Crippen molar-refractivity contribution in [3.63, 3.8) is 0 Å². The molecule has 1 unspecified atom stereocenters. The molecule has 0 amide bonds. The summed E-state index contributed by atoms with van der Waals surface area (Å²) in [6.45, 7) is 0.551. The summed E-state index contributed by atoms with van der Waals surface area (Å²) in [5.74, 6) is -0.792. The fourth-order valence-corrected chi connectivity index (χ4v) is 2.53. The van der Waals surface area contributed by atoms with Gasteiger partial charge in [-0.05, 0) is 35.8 Å². The summed E-state index contributed by atoms with van der Waals surface area (Å²) in [5, 5.41) is 3.33. The highest BCUT2D eigenvalue weighted by molar-refractivity contribution is 5.71. The first kappa shape index (κ1) is 13.0. The van der Waals surface area contributed by atoms with E-state index in [0.717, 1.165) is 18.1 Å². The monoisotopic (exact) mass is 271 g/mol. The van der Waals surface area contributed by atoms with E-state index in [-0.39, 0.29) is 11.9 Å². The zero-order chi connectivity index (χ0) is 13.9. The summed E-state index contributed by atoms with van der Waals surface area (Å²) in [4.78, 5) is 0. The van der Waals surface area contributed by atoms with Gasteiger partial charge in [-0.3, -0.25) is 0 Å². The van der Waals surface area contributed by atoms with Gasteiger partial charge in [0.15, 0.2) is 0 Å². The van der Waals surface area contributed by atoms with Crippen LogP contribution in [0.4, 0.5) is 8.78 Å². The lowest BCUT2D eigenvalue weighted by molar-refractivity contribution is 0.596. The molecular weight excluding hydrogens is 256 g/mol. The maximum absolute atomic E-state index is 13.8. The van der Waals surface area contributed by atoms with Crippen LogP contribution in [0.2, 0.25) is 0 Å². The number of hydrogen-bond donors (Lipinski definition) is 1. The molecule has 0 saturated heterocycles. The SMILES string of the molecule is Fc1ccc(F)c(C2=CC(C3=CC=CC=CC3)NC2)c1. The minimum atomic E-state index is -0.412. The van der Waals surface area contributed by atoms with Gasteiger partial charge in [0.1, 0.15) is 11.6 Å². The first-order valence-electron chi connectivity index (χ1n) is 6.66. The minimum absolute atomic E-state index is 0.0834. The predicted octanol–water partition coefficient (Wildman–Crippen LogP) is 3.76.